The molecule has 6 aliphatic rings. The Morgan fingerprint density at radius 2 is 1.58 bits per heavy atom. The van der Waals surface area contributed by atoms with Crippen molar-refractivity contribution >= 4 is 46.1 Å². The number of aromatic hydroxyl groups is 2. The van der Waals surface area contributed by atoms with Crippen LogP contribution in [0.5, 0.6) is 17.2 Å². The van der Waals surface area contributed by atoms with Crippen molar-refractivity contribution in [1.29, 1.82) is 0 Å². The van der Waals surface area contributed by atoms with Crippen LogP contribution in [0, 0.1) is 36.5 Å². The summed E-state index contributed by atoms with van der Waals surface area (Å²) in [6, 6.07) is -0.223. The molecule has 6 heterocycles. The number of methoxy groups -OCH3 is 1. The summed E-state index contributed by atoms with van der Waals surface area (Å²) in [5.41, 5.74) is -0.980. The number of aliphatic hydroxyl groups is 2. The van der Waals surface area contributed by atoms with Crippen molar-refractivity contribution in [2.75, 3.05) is 45.2 Å². The van der Waals surface area contributed by atoms with Gasteiger partial charge in [-0.3, -0.25) is 24.2 Å². The van der Waals surface area contributed by atoms with Gasteiger partial charge in [-0.2, -0.15) is 0 Å². The molecule has 2 aromatic rings. The number of Topliss-reactive ketones (excluding diaryl/α,β-unsaturated/α-hetero) is 1. The molecule has 6 N–H and O–H groups in total. The number of allylic oxidation sites excluding steroid dienone is 2. The fraction of sp³-hybridized carbons (Fsp3) is 0.632. The zero-order valence-electron chi connectivity index (χ0n) is 46.9. The first-order valence-electron chi connectivity index (χ1n) is 27.0. The number of likely N-dealkylation sites (tertiary alicyclic amines) is 2. The van der Waals surface area contributed by atoms with Gasteiger partial charge in [0.1, 0.15) is 46.0 Å². The van der Waals surface area contributed by atoms with Gasteiger partial charge in [0.25, 0.3) is 11.7 Å². The first-order chi connectivity index (χ1) is 36.1. The molecule has 20 heteroatoms. The predicted octanol–water partition coefficient (Wildman–Crippen LogP) is 5.64. The van der Waals surface area contributed by atoms with Gasteiger partial charge in [-0.15, -0.1) is 0 Å². The maximum Gasteiger partial charge on any atom is 0.407 e. The number of nitrogens with one attached hydrogen (secondary N) is 2. The number of phenolic OH excluding ortho intramolecular Hbond substituents is 2. The minimum atomic E-state index is -2.04. The van der Waals surface area contributed by atoms with E-state index < -0.39 is 113 Å². The summed E-state index contributed by atoms with van der Waals surface area (Å²) in [5.74, 6) is -8.25. The third kappa shape index (κ3) is 12.5. The first kappa shape index (κ1) is 58.6. The molecule has 2 aromatic carbocycles. The molecule has 2 saturated heterocycles. The number of piperidine rings is 2. The van der Waals surface area contributed by atoms with Crippen molar-refractivity contribution in [2.45, 2.75) is 163 Å². The Hall–Kier alpha value is -6.09. The smallest absolute Gasteiger partial charge is 0.407 e. The Kier molecular flexibility index (Phi) is 17.6. The third-order valence-corrected chi connectivity index (χ3v) is 15.7. The molecule has 0 radical (unpaired) electrons. The predicted molar refractivity (Wildman–Crippen MR) is 286 cm³/mol. The quantitative estimate of drug-likeness (QED) is 0.111. The summed E-state index contributed by atoms with van der Waals surface area (Å²) < 4.78 is 30.0. The molecule has 0 aliphatic carbocycles. The normalized spacial score (nSPS) is 29.9. The van der Waals surface area contributed by atoms with E-state index in [2.05, 4.69) is 34.4 Å². The van der Waals surface area contributed by atoms with E-state index in [4.69, 9.17) is 28.7 Å². The standard InChI is InChI=1S/C57H80N6O14/c1-29(2)28-62-24-20-57(21-25-62)60-43-40-41-48(68)35(8)51-42(40)52(70)56(12,76-51)74-26-19-37(73-13)32(5)50(75-39(65)27-38(64)63-22-17-36(18-23-63)58-54(72)77-55(9,10)11)34(7)47(67)33(6)46(66)30(3)15-14-16-31(4)53(71)59-45(49(41)69)44(43)61-57/h14-16,19,26,29-30,32-34,36-37,46-47,50,60,66-69H,17-18,20-25,27-28H2,1-13H3,(H,58,72)/b15-14+,26-19+,31-16-,59-45?/t30-,32+,33+,34+,37-,46-,47+,50+,56-/m0/s1. The molecule has 422 valence electrons. The van der Waals surface area contributed by atoms with E-state index in [1.54, 1.807) is 67.5 Å². The zero-order chi connectivity index (χ0) is 56.6. The molecule has 9 atom stereocenters. The molecule has 6 aliphatic heterocycles. The monoisotopic (exact) mass is 1070 g/mol. The Balaban J connectivity index is 1.24. The molecular formula is C57H80N6O14. The van der Waals surface area contributed by atoms with Crippen LogP contribution in [0.1, 0.15) is 124 Å². The van der Waals surface area contributed by atoms with Gasteiger partial charge in [0.05, 0.1) is 41.2 Å². The number of phenols is 2. The largest absolute Gasteiger partial charge is 0.507 e. The average molecular weight is 1070 g/mol. The van der Waals surface area contributed by atoms with Gasteiger partial charge in [-0.1, -0.05) is 59.8 Å². The van der Waals surface area contributed by atoms with Gasteiger partial charge in [0.15, 0.2) is 5.75 Å². The fourth-order valence-electron chi connectivity index (χ4n) is 11.2. The van der Waals surface area contributed by atoms with Gasteiger partial charge >= 0.3 is 17.8 Å². The maximum absolute atomic E-state index is 15.0. The average Bonchev–Trinajstić information content (AvgIpc) is 4.05. The molecule has 2 fully saturated rings. The number of hydrogen-bond acceptors (Lipinski definition) is 17. The van der Waals surface area contributed by atoms with Crippen molar-refractivity contribution in [3.05, 3.63) is 58.0 Å². The number of nitrogens with zero attached hydrogens (tertiary/aromatic N) is 4. The van der Waals surface area contributed by atoms with Crippen LogP contribution in [0.25, 0.3) is 10.8 Å². The Bertz CT molecular complexity index is 2840. The molecule has 0 unspecified atom stereocenters. The second-order valence-electron chi connectivity index (χ2n) is 23.3. The van der Waals surface area contributed by atoms with Crippen LogP contribution < -0.4 is 26.1 Å². The SMILES string of the molecule is CO[C@H]1/C=C/O[C@@]2(C)Oc3c(C)c(O)c4c(O)c(c5c(c4c3C2=O)NC2(CCN(CC(C)C)CC2)N=5)=NC(=O)/C(C)=C\C=C\[C@H](C)[C@H](O)[C@@H](C)[C@@H](O)[C@@H](C)[C@H](OC(=O)CC(=O)N2CCC(NC(=O)OC(C)(C)C)CC2)[C@@H]1C. The minimum absolute atomic E-state index is 0.0107. The topological polar surface area (TPSA) is 268 Å². The van der Waals surface area contributed by atoms with E-state index in [0.717, 1.165) is 6.54 Å². The van der Waals surface area contributed by atoms with Crippen LogP contribution in [0.15, 0.2) is 46.1 Å². The summed E-state index contributed by atoms with van der Waals surface area (Å²) in [4.78, 5) is 82.3. The lowest BCUT2D eigenvalue weighted by atomic mass is 9.78. The van der Waals surface area contributed by atoms with Crippen LogP contribution in [-0.2, 0) is 33.3 Å². The van der Waals surface area contributed by atoms with E-state index >= 15 is 0 Å². The number of aliphatic hydroxyl groups excluding tert-OH is 2. The summed E-state index contributed by atoms with van der Waals surface area (Å²) in [6.45, 7) is 23.8. The number of amides is 3. The van der Waals surface area contributed by atoms with Crippen LogP contribution in [0.3, 0.4) is 0 Å². The fourth-order valence-corrected chi connectivity index (χ4v) is 11.2. The molecule has 0 aromatic heterocycles. The van der Waals surface area contributed by atoms with E-state index in [-0.39, 0.29) is 63.1 Å². The lowest BCUT2D eigenvalue weighted by molar-refractivity contribution is -0.165. The number of hydrogen-bond donors (Lipinski definition) is 6. The molecule has 3 amide bonds. The molecule has 20 nitrogen and oxygen atoms in total. The number of esters is 1. The van der Waals surface area contributed by atoms with E-state index in [1.807, 2.05) is 0 Å². The van der Waals surface area contributed by atoms with Crippen LogP contribution in [0.2, 0.25) is 0 Å². The minimum Gasteiger partial charge on any atom is -0.507 e. The molecule has 8 rings (SSSR count). The van der Waals surface area contributed by atoms with Crippen LogP contribution in [0.4, 0.5) is 10.5 Å². The highest BCUT2D eigenvalue weighted by molar-refractivity contribution is 6.21. The van der Waals surface area contributed by atoms with Crippen molar-refractivity contribution in [3.8, 4) is 17.2 Å². The number of fused-ring (bicyclic) bond motifs is 13. The van der Waals surface area contributed by atoms with Gasteiger partial charge in [-0.05, 0) is 59.5 Å². The van der Waals surface area contributed by atoms with Crippen molar-refractivity contribution < 1.29 is 68.1 Å². The summed E-state index contributed by atoms with van der Waals surface area (Å²) in [5, 5.41) is 54.2. The Labute approximate surface area is 450 Å². The number of carbonyl (C=O) groups is 5. The van der Waals surface area contributed by atoms with Crippen LogP contribution in [-0.4, -0.2) is 147 Å². The maximum atomic E-state index is 15.0. The summed E-state index contributed by atoms with van der Waals surface area (Å²) >= 11 is 0. The lowest BCUT2D eigenvalue weighted by Gasteiger charge is -2.38. The molecule has 1 spiro atoms. The van der Waals surface area contributed by atoms with E-state index in [9.17, 15) is 44.4 Å². The second kappa shape index (κ2) is 23.1. The number of ether oxygens (including phenoxy) is 5. The Morgan fingerprint density at radius 1 is 0.922 bits per heavy atom. The highest BCUT2D eigenvalue weighted by Crippen LogP contribution is 2.51. The second-order valence-corrected chi connectivity index (χ2v) is 23.3. The number of alkyl carbamates (subject to hydrolysis) is 1. The summed E-state index contributed by atoms with van der Waals surface area (Å²) in [6.07, 6.45) is 3.90. The summed E-state index contributed by atoms with van der Waals surface area (Å²) in [7, 11) is 1.43. The molecular weight excluding hydrogens is 993 g/mol. The van der Waals surface area contributed by atoms with Gasteiger partial charge in [-0.25, -0.2) is 9.79 Å². The number of rotatable bonds is 7. The Morgan fingerprint density at radius 3 is 2.21 bits per heavy atom. The highest BCUT2D eigenvalue weighted by atomic mass is 16.7. The van der Waals surface area contributed by atoms with Crippen LogP contribution >= 0.6 is 0 Å². The van der Waals surface area contributed by atoms with Gasteiger partial charge in [0.2, 0.25) is 5.91 Å². The number of carbonyl (C=O) groups excluding carboxylic acids is 5. The lowest BCUT2D eigenvalue weighted by Crippen LogP contribution is -2.48. The van der Waals surface area contributed by atoms with Gasteiger partial charge < -0.3 is 64.5 Å². The number of anilines is 1. The highest BCUT2D eigenvalue weighted by Gasteiger charge is 2.51. The van der Waals surface area contributed by atoms with E-state index in [0.29, 0.717) is 50.4 Å². The van der Waals surface area contributed by atoms with Crippen molar-refractivity contribution in [1.82, 2.24) is 15.1 Å². The zero-order valence-corrected chi connectivity index (χ0v) is 46.9. The molecule has 0 saturated carbocycles. The van der Waals surface area contributed by atoms with E-state index in [1.165, 1.54) is 44.3 Å². The third-order valence-electron chi connectivity index (χ3n) is 15.7. The van der Waals surface area contributed by atoms with Crippen molar-refractivity contribution in [3.63, 3.8) is 0 Å². The number of benzene rings is 2. The first-order valence-corrected chi connectivity index (χ1v) is 27.0. The number of ketones is 1. The molecule has 5 bridgehead atoms. The van der Waals surface area contributed by atoms with Crippen molar-refractivity contribution in [2.24, 2.45) is 39.6 Å². The van der Waals surface area contributed by atoms with Gasteiger partial charge in [0, 0.05) is 106 Å². The molecule has 77 heavy (non-hydrogen) atoms.